The molecule has 2 rings (SSSR count). The number of ether oxygens (including phenoxy) is 1. The van der Waals surface area contributed by atoms with Crippen molar-refractivity contribution in [2.75, 3.05) is 0 Å². The Morgan fingerprint density at radius 3 is 2.33 bits per heavy atom. The molecule has 0 aliphatic heterocycles. The Morgan fingerprint density at radius 1 is 1.24 bits per heavy atom. The summed E-state index contributed by atoms with van der Waals surface area (Å²) in [6, 6.07) is 2.93. The van der Waals surface area contributed by atoms with Crippen molar-refractivity contribution in [2.24, 2.45) is 0 Å². The van der Waals surface area contributed by atoms with Gasteiger partial charge in [0.2, 0.25) is 0 Å². The number of aryl methyl sites for hydroxylation is 2. The van der Waals surface area contributed by atoms with Gasteiger partial charge in [-0.2, -0.15) is 0 Å². The Balaban J connectivity index is 2.39. The molecule has 2 nitrogen and oxygen atoms in total. The zero-order valence-corrected chi connectivity index (χ0v) is 14.9. The second kappa shape index (κ2) is 6.46. The van der Waals surface area contributed by atoms with Crippen LogP contribution in [0.15, 0.2) is 15.9 Å². The van der Waals surface area contributed by atoms with E-state index in [2.05, 4.69) is 15.9 Å². The van der Waals surface area contributed by atoms with Gasteiger partial charge in [-0.1, -0.05) is 0 Å². The molecule has 21 heavy (non-hydrogen) atoms. The topological polar surface area (TPSA) is 29.5 Å². The molecule has 1 atom stereocenters. The second-order valence-corrected chi connectivity index (χ2v) is 7.70. The largest absolute Gasteiger partial charge is 0.454 e. The zero-order valence-electron chi connectivity index (χ0n) is 12.5. The summed E-state index contributed by atoms with van der Waals surface area (Å²) in [5.74, 6) is 1.17. The average molecular weight is 373 g/mol. The molecule has 1 aromatic heterocycles. The van der Waals surface area contributed by atoms with E-state index >= 15 is 0 Å². The van der Waals surface area contributed by atoms with E-state index in [1.807, 2.05) is 20.8 Å². The molecule has 1 unspecified atom stereocenters. The molecular formula is C16H18BrFO2S. The lowest BCUT2D eigenvalue weighted by Crippen LogP contribution is -2.03. The Morgan fingerprint density at radius 2 is 1.81 bits per heavy atom. The number of halogens is 2. The van der Waals surface area contributed by atoms with Crippen molar-refractivity contribution in [1.82, 2.24) is 0 Å². The van der Waals surface area contributed by atoms with Gasteiger partial charge in [-0.05, 0) is 66.9 Å². The Bertz CT molecular complexity index is 642. The lowest BCUT2D eigenvalue weighted by molar-refractivity contribution is 0.196. The summed E-state index contributed by atoms with van der Waals surface area (Å²) < 4.78 is 20.3. The van der Waals surface area contributed by atoms with E-state index in [0.29, 0.717) is 12.2 Å². The SMILES string of the molecule is Cc1cc(F)cc(C)c1Oc1c(Br)sc(CC(C)O)c1C. The predicted octanol–water partition coefficient (Wildman–Crippen LogP) is 5.29. The minimum absolute atomic E-state index is 0.256. The van der Waals surface area contributed by atoms with E-state index < -0.39 is 6.10 Å². The Hall–Kier alpha value is -0.910. The molecule has 0 radical (unpaired) electrons. The Kier molecular flexibility index (Phi) is 5.07. The molecule has 0 fully saturated rings. The van der Waals surface area contributed by atoms with E-state index in [1.165, 1.54) is 12.1 Å². The van der Waals surface area contributed by atoms with Gasteiger partial charge in [-0.15, -0.1) is 11.3 Å². The van der Waals surface area contributed by atoms with Crippen molar-refractivity contribution in [1.29, 1.82) is 0 Å². The monoisotopic (exact) mass is 372 g/mol. The van der Waals surface area contributed by atoms with Gasteiger partial charge in [0.15, 0.2) is 5.75 Å². The third kappa shape index (κ3) is 3.65. The van der Waals surface area contributed by atoms with Crippen LogP contribution in [0.5, 0.6) is 11.5 Å². The van der Waals surface area contributed by atoms with Crippen LogP contribution >= 0.6 is 27.3 Å². The van der Waals surface area contributed by atoms with E-state index in [1.54, 1.807) is 18.3 Å². The first-order chi connectivity index (χ1) is 9.79. The van der Waals surface area contributed by atoms with Crippen LogP contribution in [0.3, 0.4) is 0 Å². The van der Waals surface area contributed by atoms with Crippen LogP contribution in [-0.2, 0) is 6.42 Å². The van der Waals surface area contributed by atoms with Gasteiger partial charge in [-0.25, -0.2) is 4.39 Å². The highest BCUT2D eigenvalue weighted by molar-refractivity contribution is 9.11. The number of rotatable bonds is 4. The fourth-order valence-electron chi connectivity index (χ4n) is 2.25. The molecule has 0 spiro atoms. The number of benzene rings is 1. The first-order valence-electron chi connectivity index (χ1n) is 6.70. The molecule has 0 aliphatic carbocycles. The molecule has 0 saturated carbocycles. The molecule has 0 amide bonds. The third-order valence-electron chi connectivity index (χ3n) is 3.26. The highest BCUT2D eigenvalue weighted by atomic mass is 79.9. The molecule has 1 N–H and O–H groups in total. The molecule has 1 aromatic carbocycles. The van der Waals surface area contributed by atoms with Crippen molar-refractivity contribution in [3.63, 3.8) is 0 Å². The van der Waals surface area contributed by atoms with Crippen LogP contribution in [0.1, 0.15) is 28.5 Å². The maximum Gasteiger partial charge on any atom is 0.155 e. The molecular weight excluding hydrogens is 355 g/mol. The highest BCUT2D eigenvalue weighted by Gasteiger charge is 2.18. The fourth-order valence-corrected chi connectivity index (χ4v) is 4.28. The van der Waals surface area contributed by atoms with Gasteiger partial charge in [0.05, 0.1) is 6.10 Å². The molecule has 114 valence electrons. The standard InChI is InChI=1S/C16H18BrFO2S/c1-8-5-12(18)6-9(2)14(8)20-15-11(4)13(7-10(3)19)21-16(15)17/h5-6,10,19H,7H2,1-4H3. The summed E-state index contributed by atoms with van der Waals surface area (Å²) in [4.78, 5) is 1.09. The maximum atomic E-state index is 13.4. The van der Waals surface area contributed by atoms with Crippen molar-refractivity contribution in [3.8, 4) is 11.5 Å². The first kappa shape index (κ1) is 16.5. The molecule has 2 aromatic rings. The lowest BCUT2D eigenvalue weighted by atomic mass is 10.1. The first-order valence-corrected chi connectivity index (χ1v) is 8.31. The molecule has 0 aliphatic rings. The van der Waals surface area contributed by atoms with Gasteiger partial charge in [0.25, 0.3) is 0 Å². The Labute approximate surface area is 136 Å². The number of aliphatic hydroxyl groups is 1. The number of aliphatic hydroxyl groups excluding tert-OH is 1. The van der Waals surface area contributed by atoms with Crippen LogP contribution in [0.25, 0.3) is 0 Å². The molecule has 0 bridgehead atoms. The number of hydrogen-bond donors (Lipinski definition) is 1. The smallest absolute Gasteiger partial charge is 0.155 e. The van der Waals surface area contributed by atoms with Gasteiger partial charge in [0, 0.05) is 16.9 Å². The normalized spacial score (nSPS) is 12.5. The third-order valence-corrected chi connectivity index (χ3v) is 5.19. The van der Waals surface area contributed by atoms with Crippen molar-refractivity contribution >= 4 is 27.3 Å². The summed E-state index contributed by atoms with van der Waals surface area (Å²) in [6.45, 7) is 7.40. The van der Waals surface area contributed by atoms with Crippen molar-refractivity contribution in [2.45, 2.75) is 40.2 Å². The molecule has 5 heteroatoms. The zero-order chi connectivity index (χ0) is 15.7. The maximum absolute atomic E-state index is 13.4. The van der Waals surface area contributed by atoms with E-state index in [-0.39, 0.29) is 5.82 Å². The molecule has 0 saturated heterocycles. The van der Waals surface area contributed by atoms with Gasteiger partial charge >= 0.3 is 0 Å². The van der Waals surface area contributed by atoms with Crippen LogP contribution in [0.2, 0.25) is 0 Å². The van der Waals surface area contributed by atoms with Crippen LogP contribution in [-0.4, -0.2) is 11.2 Å². The second-order valence-electron chi connectivity index (χ2n) is 5.28. The van der Waals surface area contributed by atoms with Gasteiger partial charge in [0.1, 0.15) is 15.4 Å². The van der Waals surface area contributed by atoms with Crippen LogP contribution in [0.4, 0.5) is 4.39 Å². The van der Waals surface area contributed by atoms with Crippen molar-refractivity contribution < 1.29 is 14.2 Å². The highest BCUT2D eigenvalue weighted by Crippen LogP contribution is 2.43. The summed E-state index contributed by atoms with van der Waals surface area (Å²) in [5.41, 5.74) is 2.54. The quantitative estimate of drug-likeness (QED) is 0.789. The van der Waals surface area contributed by atoms with Gasteiger partial charge in [-0.3, -0.25) is 0 Å². The van der Waals surface area contributed by atoms with Crippen LogP contribution < -0.4 is 4.74 Å². The summed E-state index contributed by atoms with van der Waals surface area (Å²) in [7, 11) is 0. The summed E-state index contributed by atoms with van der Waals surface area (Å²) in [6.07, 6.45) is 0.205. The van der Waals surface area contributed by atoms with Crippen molar-refractivity contribution in [3.05, 3.63) is 43.3 Å². The average Bonchev–Trinajstić information content (AvgIpc) is 2.59. The van der Waals surface area contributed by atoms with Gasteiger partial charge < -0.3 is 9.84 Å². The van der Waals surface area contributed by atoms with Crippen LogP contribution in [0, 0.1) is 26.6 Å². The van der Waals surface area contributed by atoms with E-state index in [4.69, 9.17) is 4.74 Å². The minimum atomic E-state index is -0.392. The van der Waals surface area contributed by atoms with E-state index in [9.17, 15) is 9.50 Å². The summed E-state index contributed by atoms with van der Waals surface area (Å²) >= 11 is 5.08. The number of hydrogen-bond acceptors (Lipinski definition) is 3. The van der Waals surface area contributed by atoms with E-state index in [0.717, 1.165) is 31.1 Å². The fraction of sp³-hybridized carbons (Fsp3) is 0.375. The minimum Gasteiger partial charge on any atom is -0.454 e. The summed E-state index contributed by atoms with van der Waals surface area (Å²) in [5, 5.41) is 9.55. The predicted molar refractivity (Wildman–Crippen MR) is 88.1 cm³/mol. The molecule has 1 heterocycles. The lowest BCUT2D eigenvalue weighted by Gasteiger charge is -2.12. The number of thiophene rings is 1.